The molecule has 2 aromatic carbocycles. The third-order valence-electron chi connectivity index (χ3n) is 4.64. The molecule has 4 aromatic rings. The highest BCUT2D eigenvalue weighted by Gasteiger charge is 2.33. The summed E-state index contributed by atoms with van der Waals surface area (Å²) in [5.74, 6) is 0. The Kier molecular flexibility index (Phi) is 4.74. The van der Waals surface area contributed by atoms with Crippen molar-refractivity contribution in [3.8, 4) is 0 Å². The highest BCUT2D eigenvalue weighted by atomic mass is 35.5. The molecule has 0 saturated carbocycles. The minimum atomic E-state index is -1.31. The van der Waals surface area contributed by atoms with E-state index in [0.717, 1.165) is 10.0 Å². The summed E-state index contributed by atoms with van der Waals surface area (Å²) in [6.45, 7) is 0. The van der Waals surface area contributed by atoms with E-state index in [1.54, 1.807) is 22.7 Å². The van der Waals surface area contributed by atoms with Gasteiger partial charge in [0.25, 0.3) is 0 Å². The first-order valence-electron chi connectivity index (χ1n) is 7.97. The van der Waals surface area contributed by atoms with Gasteiger partial charge in [0.15, 0.2) is 0 Å². The first-order valence-corrected chi connectivity index (χ1v) is 10.5. The highest BCUT2D eigenvalue weighted by molar-refractivity contribution is 7.43. The van der Waals surface area contributed by atoms with Crippen LogP contribution >= 0.6 is 45.9 Å². The molecule has 0 unspecified atom stereocenters. The van der Waals surface area contributed by atoms with E-state index < -0.39 is 6.15 Å². The molecule has 0 aliphatic rings. The quantitative estimate of drug-likeness (QED) is 0.443. The van der Waals surface area contributed by atoms with Gasteiger partial charge in [-0.25, -0.2) is 0 Å². The summed E-state index contributed by atoms with van der Waals surface area (Å²) in [6, 6.07) is 25.1. The molecule has 0 aliphatic heterocycles. The average molecular weight is 400 g/mol. The highest BCUT2D eigenvalue weighted by Crippen LogP contribution is 2.18. The van der Waals surface area contributed by atoms with Crippen LogP contribution in [-0.2, 0) is 0 Å². The van der Waals surface area contributed by atoms with Crippen molar-refractivity contribution < 1.29 is 0 Å². The number of halogens is 2. The minimum absolute atomic E-state index is 0.749. The lowest BCUT2D eigenvalue weighted by atomic mass is 9.17. The van der Waals surface area contributed by atoms with Gasteiger partial charge in [0, 0.05) is 10.0 Å². The molecule has 0 radical (unpaired) electrons. The molecule has 0 nitrogen and oxygen atoms in total. The Hall–Kier alpha value is -1.52. The van der Waals surface area contributed by atoms with E-state index in [1.807, 2.05) is 24.3 Å². The fraction of sp³-hybridized carbons (Fsp3) is 0. The van der Waals surface area contributed by atoms with Gasteiger partial charge in [0.05, 0.1) is 0 Å². The summed E-state index contributed by atoms with van der Waals surface area (Å²) in [5, 5.41) is 5.76. The monoisotopic (exact) mass is 399 g/mol. The molecule has 124 valence electrons. The fourth-order valence-corrected chi connectivity index (χ4v) is 6.24. The molecule has 0 aliphatic carbocycles. The van der Waals surface area contributed by atoms with Gasteiger partial charge in [0.1, 0.15) is 6.15 Å². The Labute approximate surface area is 165 Å². The zero-order chi connectivity index (χ0) is 17.3. The van der Waals surface area contributed by atoms with Crippen molar-refractivity contribution in [1.29, 1.82) is 0 Å². The van der Waals surface area contributed by atoms with E-state index in [0.29, 0.717) is 0 Å². The standard InChI is InChI=1S/C20H14BCl2S2/c22-17-7-1-5-15(13-17)21(19-9-3-11-24-19,20-10-4-12-25-20)16-6-2-8-18(23)14-16/h1-14H/q-1. The molecule has 0 atom stereocenters. The van der Waals surface area contributed by atoms with Crippen molar-refractivity contribution in [2.75, 3.05) is 0 Å². The molecule has 2 heterocycles. The minimum Gasteiger partial charge on any atom is -0.192 e. The molecule has 0 amide bonds. The molecule has 5 heteroatoms. The molecule has 0 spiro atoms. The maximum atomic E-state index is 6.38. The number of hydrogen-bond acceptors (Lipinski definition) is 2. The summed E-state index contributed by atoms with van der Waals surface area (Å²) in [7, 11) is 0. The first kappa shape index (κ1) is 16.9. The van der Waals surface area contributed by atoms with Crippen molar-refractivity contribution in [1.82, 2.24) is 0 Å². The maximum Gasteiger partial charge on any atom is 0.129 e. The smallest absolute Gasteiger partial charge is 0.129 e. The largest absolute Gasteiger partial charge is 0.192 e. The van der Waals surface area contributed by atoms with Crippen LogP contribution in [0.4, 0.5) is 0 Å². The van der Waals surface area contributed by atoms with Crippen LogP contribution < -0.4 is 20.5 Å². The van der Waals surface area contributed by atoms with Crippen LogP contribution in [0, 0.1) is 0 Å². The van der Waals surface area contributed by atoms with Crippen LogP contribution in [0.1, 0.15) is 0 Å². The van der Waals surface area contributed by atoms with E-state index in [4.69, 9.17) is 23.2 Å². The van der Waals surface area contributed by atoms with Crippen LogP contribution in [0.5, 0.6) is 0 Å². The normalized spacial score (nSPS) is 11.6. The predicted molar refractivity (Wildman–Crippen MR) is 116 cm³/mol. The van der Waals surface area contributed by atoms with Crippen LogP contribution in [0.3, 0.4) is 0 Å². The van der Waals surface area contributed by atoms with Crippen LogP contribution in [0.25, 0.3) is 0 Å². The van der Waals surface area contributed by atoms with E-state index in [9.17, 15) is 0 Å². The number of rotatable bonds is 4. The van der Waals surface area contributed by atoms with Gasteiger partial charge in [-0.3, -0.25) is 0 Å². The van der Waals surface area contributed by atoms with Gasteiger partial charge in [-0.15, -0.1) is 9.55 Å². The Bertz CT molecular complexity index is 897. The molecule has 0 bridgehead atoms. The maximum absolute atomic E-state index is 6.38. The lowest BCUT2D eigenvalue weighted by Gasteiger charge is -2.41. The van der Waals surface area contributed by atoms with Crippen LogP contribution in [0.2, 0.25) is 10.0 Å². The van der Waals surface area contributed by atoms with Crippen molar-refractivity contribution >= 4 is 72.5 Å². The number of hydrogen-bond donors (Lipinski definition) is 0. The van der Waals surface area contributed by atoms with Gasteiger partial charge < -0.3 is 0 Å². The molecule has 0 fully saturated rings. The average Bonchev–Trinajstić information content (AvgIpc) is 3.30. The van der Waals surface area contributed by atoms with E-state index in [-0.39, 0.29) is 0 Å². The molecular formula is C20H14BCl2S2-. The van der Waals surface area contributed by atoms with Crippen LogP contribution in [-0.4, -0.2) is 6.15 Å². The lowest BCUT2D eigenvalue weighted by Crippen LogP contribution is -2.73. The second-order valence-corrected chi connectivity index (χ2v) is 8.84. The predicted octanol–water partition coefficient (Wildman–Crippen LogP) is 4.49. The Balaban J connectivity index is 2.13. The van der Waals surface area contributed by atoms with Crippen molar-refractivity contribution in [3.63, 3.8) is 0 Å². The number of thiophene rings is 2. The topological polar surface area (TPSA) is 0 Å². The molecule has 2 aromatic heterocycles. The zero-order valence-electron chi connectivity index (χ0n) is 13.2. The van der Waals surface area contributed by atoms with Gasteiger partial charge in [-0.1, -0.05) is 83.9 Å². The third-order valence-corrected chi connectivity index (χ3v) is 7.22. The number of benzene rings is 2. The molecule has 0 N–H and O–H groups in total. The van der Waals surface area contributed by atoms with E-state index >= 15 is 0 Å². The fourth-order valence-electron chi connectivity index (χ4n) is 3.62. The van der Waals surface area contributed by atoms with Gasteiger partial charge >= 0.3 is 0 Å². The lowest BCUT2D eigenvalue weighted by molar-refractivity contribution is 1.71. The molecule has 0 saturated heterocycles. The van der Waals surface area contributed by atoms with Gasteiger partial charge in [-0.05, 0) is 22.9 Å². The third kappa shape index (κ3) is 2.96. The van der Waals surface area contributed by atoms with Crippen molar-refractivity contribution in [3.05, 3.63) is 93.6 Å². The molecule has 4 rings (SSSR count). The zero-order valence-corrected chi connectivity index (χ0v) is 16.4. The second kappa shape index (κ2) is 7.01. The summed E-state index contributed by atoms with van der Waals surface area (Å²) >= 11 is 16.3. The van der Waals surface area contributed by atoms with Crippen molar-refractivity contribution in [2.45, 2.75) is 0 Å². The first-order chi connectivity index (χ1) is 12.2. The van der Waals surface area contributed by atoms with Crippen LogP contribution in [0.15, 0.2) is 83.6 Å². The SMILES string of the molecule is Clc1cccc([B-](c2cccc(Cl)c2)(c2cccs2)c2cccs2)c1. The van der Waals surface area contributed by atoms with Crippen molar-refractivity contribution in [2.24, 2.45) is 0 Å². The van der Waals surface area contributed by atoms with Gasteiger partial charge in [-0.2, -0.15) is 33.6 Å². The molecule has 25 heavy (non-hydrogen) atoms. The summed E-state index contributed by atoms with van der Waals surface area (Å²) in [4.78, 5) is 0. The Morgan fingerprint density at radius 1 is 0.600 bits per heavy atom. The molecular weight excluding hydrogens is 386 g/mol. The van der Waals surface area contributed by atoms with Gasteiger partial charge in [0.2, 0.25) is 0 Å². The van der Waals surface area contributed by atoms with E-state index in [1.165, 1.54) is 20.5 Å². The van der Waals surface area contributed by atoms with E-state index in [2.05, 4.69) is 59.3 Å². The second-order valence-electron chi connectivity index (χ2n) is 6.01. The summed E-state index contributed by atoms with van der Waals surface area (Å²) in [6.07, 6.45) is -1.31. The summed E-state index contributed by atoms with van der Waals surface area (Å²) < 4.78 is 2.62. The Morgan fingerprint density at radius 3 is 1.44 bits per heavy atom. The Morgan fingerprint density at radius 2 is 1.08 bits per heavy atom. The summed E-state index contributed by atoms with van der Waals surface area (Å²) in [5.41, 5.74) is 2.42.